The second-order valence-electron chi connectivity index (χ2n) is 3.50. The van der Waals surface area contributed by atoms with Crippen molar-refractivity contribution in [2.75, 3.05) is 0 Å². The van der Waals surface area contributed by atoms with Gasteiger partial charge in [0.15, 0.2) is 0 Å². The van der Waals surface area contributed by atoms with Gasteiger partial charge in [-0.1, -0.05) is 23.2 Å². The number of hydrogen-bond donors (Lipinski definition) is 2. The summed E-state index contributed by atoms with van der Waals surface area (Å²) in [4.78, 5) is 13.7. The van der Waals surface area contributed by atoms with Crippen LogP contribution in [0.3, 0.4) is 0 Å². The molecule has 1 aromatic carbocycles. The quantitative estimate of drug-likeness (QED) is 0.881. The van der Waals surface area contributed by atoms with Gasteiger partial charge in [0.25, 0.3) is 0 Å². The van der Waals surface area contributed by atoms with Crippen LogP contribution in [0.25, 0.3) is 11.1 Å². The first-order chi connectivity index (χ1) is 8.11. The van der Waals surface area contributed by atoms with Gasteiger partial charge in [0, 0.05) is 27.2 Å². The molecular weight excluding hydrogens is 261 g/mol. The third kappa shape index (κ3) is 2.52. The fourth-order valence-electron chi connectivity index (χ4n) is 1.60. The summed E-state index contributed by atoms with van der Waals surface area (Å²) in [6, 6.07) is 8.04. The van der Waals surface area contributed by atoms with Crippen molar-refractivity contribution in [1.29, 1.82) is 0 Å². The first-order valence-corrected chi connectivity index (χ1v) is 5.66. The second kappa shape index (κ2) is 4.92. The molecule has 2 N–H and O–H groups in total. The van der Waals surface area contributed by atoms with Crippen LogP contribution in [-0.4, -0.2) is 10.1 Å². The van der Waals surface area contributed by atoms with E-state index in [4.69, 9.17) is 23.2 Å². The summed E-state index contributed by atoms with van der Waals surface area (Å²) in [7, 11) is 0. The van der Waals surface area contributed by atoms with Crippen LogP contribution >= 0.6 is 23.2 Å². The highest BCUT2D eigenvalue weighted by atomic mass is 35.5. The summed E-state index contributed by atoms with van der Waals surface area (Å²) in [5.41, 5.74) is 1.50. The molecule has 0 aliphatic carbocycles. The molecular formula is C12H9Cl2NO2. The van der Waals surface area contributed by atoms with E-state index in [9.17, 15) is 9.90 Å². The molecule has 0 spiro atoms. The Balaban J connectivity index is 2.67. The van der Waals surface area contributed by atoms with Crippen molar-refractivity contribution in [3.8, 4) is 11.1 Å². The Morgan fingerprint density at radius 1 is 1.12 bits per heavy atom. The molecule has 0 bridgehead atoms. The molecule has 1 aromatic heterocycles. The summed E-state index contributed by atoms with van der Waals surface area (Å²) in [6.45, 7) is -0.270. The zero-order valence-electron chi connectivity index (χ0n) is 8.71. The summed E-state index contributed by atoms with van der Waals surface area (Å²) in [6.07, 6.45) is 0. The molecule has 5 heteroatoms. The van der Waals surface area contributed by atoms with E-state index < -0.39 is 0 Å². The molecule has 2 aromatic rings. The van der Waals surface area contributed by atoms with Crippen molar-refractivity contribution in [2.24, 2.45) is 0 Å². The molecule has 0 saturated carbocycles. The molecule has 0 saturated heterocycles. The second-order valence-corrected chi connectivity index (χ2v) is 4.34. The van der Waals surface area contributed by atoms with Gasteiger partial charge in [0.1, 0.15) is 0 Å². The van der Waals surface area contributed by atoms with E-state index in [0.717, 1.165) is 0 Å². The van der Waals surface area contributed by atoms with Crippen molar-refractivity contribution in [3.05, 3.63) is 56.4 Å². The summed E-state index contributed by atoms with van der Waals surface area (Å²) in [5, 5.41) is 10.3. The molecule has 0 fully saturated rings. The normalized spacial score (nSPS) is 10.5. The molecule has 1 heterocycles. The molecule has 0 aliphatic rings. The minimum Gasteiger partial charge on any atom is -0.390 e. The van der Waals surface area contributed by atoms with Gasteiger partial charge in [-0.25, -0.2) is 0 Å². The number of aromatic nitrogens is 1. The predicted octanol–water partition coefficient (Wildman–Crippen LogP) is 2.84. The third-order valence-electron chi connectivity index (χ3n) is 2.38. The van der Waals surface area contributed by atoms with Gasteiger partial charge in [-0.05, 0) is 24.3 Å². The fraction of sp³-hybridized carbons (Fsp3) is 0.0833. The Morgan fingerprint density at radius 2 is 1.88 bits per heavy atom. The van der Waals surface area contributed by atoms with Gasteiger partial charge in [-0.2, -0.15) is 0 Å². The monoisotopic (exact) mass is 269 g/mol. The molecule has 88 valence electrons. The minimum absolute atomic E-state index is 0.268. The van der Waals surface area contributed by atoms with Crippen LogP contribution in [0.4, 0.5) is 0 Å². The highest BCUT2D eigenvalue weighted by Gasteiger charge is 2.09. The highest BCUT2D eigenvalue weighted by Crippen LogP contribution is 2.31. The maximum atomic E-state index is 11.2. The van der Waals surface area contributed by atoms with Gasteiger partial charge in [0.2, 0.25) is 5.56 Å². The van der Waals surface area contributed by atoms with Gasteiger partial charge < -0.3 is 10.1 Å². The Bertz CT molecular complexity index is 608. The molecule has 2 rings (SSSR count). The lowest BCUT2D eigenvalue weighted by atomic mass is 10.0. The maximum Gasteiger partial charge on any atom is 0.248 e. The molecule has 17 heavy (non-hydrogen) atoms. The highest BCUT2D eigenvalue weighted by molar-refractivity contribution is 6.35. The first kappa shape index (κ1) is 12.2. The number of halogens is 2. The number of hydrogen-bond acceptors (Lipinski definition) is 2. The van der Waals surface area contributed by atoms with Crippen molar-refractivity contribution in [1.82, 2.24) is 4.98 Å². The topological polar surface area (TPSA) is 53.1 Å². The molecule has 0 radical (unpaired) electrons. The predicted molar refractivity (Wildman–Crippen MR) is 68.4 cm³/mol. The molecule has 3 nitrogen and oxygen atoms in total. The van der Waals surface area contributed by atoms with Crippen molar-refractivity contribution < 1.29 is 5.11 Å². The van der Waals surface area contributed by atoms with Gasteiger partial charge in [-0.15, -0.1) is 0 Å². The zero-order valence-corrected chi connectivity index (χ0v) is 10.2. The van der Waals surface area contributed by atoms with Gasteiger partial charge in [0.05, 0.1) is 12.3 Å². The first-order valence-electron chi connectivity index (χ1n) is 4.90. The van der Waals surface area contributed by atoms with Crippen LogP contribution in [0, 0.1) is 0 Å². The number of aromatic amines is 1. The molecule has 0 aliphatic heterocycles. The van der Waals surface area contributed by atoms with E-state index in [1.165, 1.54) is 6.07 Å². The smallest absolute Gasteiger partial charge is 0.248 e. The minimum atomic E-state index is -0.270. The number of rotatable bonds is 2. The number of aliphatic hydroxyl groups excluding tert-OH is 1. The lowest BCUT2D eigenvalue weighted by Gasteiger charge is -2.09. The Labute approximate surface area is 108 Å². The van der Waals surface area contributed by atoms with Crippen LogP contribution in [0.15, 0.2) is 35.1 Å². The van der Waals surface area contributed by atoms with E-state index >= 15 is 0 Å². The van der Waals surface area contributed by atoms with E-state index in [1.807, 2.05) is 0 Å². The largest absolute Gasteiger partial charge is 0.390 e. The lowest BCUT2D eigenvalue weighted by molar-refractivity contribution is 0.277. The zero-order chi connectivity index (χ0) is 12.4. The van der Waals surface area contributed by atoms with Crippen LogP contribution in [0.1, 0.15) is 5.69 Å². The van der Waals surface area contributed by atoms with E-state index in [1.54, 1.807) is 24.3 Å². The molecule has 0 atom stereocenters. The number of pyridine rings is 1. The number of H-pyrrole nitrogens is 1. The summed E-state index contributed by atoms with van der Waals surface area (Å²) < 4.78 is 0. The molecule has 0 amide bonds. The van der Waals surface area contributed by atoms with Gasteiger partial charge >= 0.3 is 0 Å². The lowest BCUT2D eigenvalue weighted by Crippen LogP contribution is -2.08. The summed E-state index contributed by atoms with van der Waals surface area (Å²) in [5.74, 6) is 0. The third-order valence-corrected chi connectivity index (χ3v) is 2.94. The number of benzene rings is 1. The Morgan fingerprint density at radius 3 is 2.59 bits per heavy atom. The average molecular weight is 270 g/mol. The van der Waals surface area contributed by atoms with E-state index in [0.29, 0.717) is 26.9 Å². The van der Waals surface area contributed by atoms with Crippen molar-refractivity contribution in [3.63, 3.8) is 0 Å². The van der Waals surface area contributed by atoms with E-state index in [2.05, 4.69) is 4.98 Å². The maximum absolute atomic E-state index is 11.2. The molecule has 0 unspecified atom stereocenters. The van der Waals surface area contributed by atoms with E-state index in [-0.39, 0.29) is 12.2 Å². The van der Waals surface area contributed by atoms with Crippen LogP contribution in [0.2, 0.25) is 10.0 Å². The average Bonchev–Trinajstić information content (AvgIpc) is 2.32. The van der Waals surface area contributed by atoms with Crippen molar-refractivity contribution in [2.45, 2.75) is 6.61 Å². The Kier molecular flexibility index (Phi) is 3.52. The van der Waals surface area contributed by atoms with Crippen LogP contribution in [0.5, 0.6) is 0 Å². The van der Waals surface area contributed by atoms with Gasteiger partial charge in [-0.3, -0.25) is 4.79 Å². The van der Waals surface area contributed by atoms with Crippen LogP contribution in [-0.2, 0) is 6.61 Å². The summed E-state index contributed by atoms with van der Waals surface area (Å²) >= 11 is 12.0. The fourth-order valence-corrected chi connectivity index (χ4v) is 1.99. The standard InChI is InChI=1S/C12H9Cl2NO2/c13-7-1-3-10(14)9(5-7)8-2-4-12(17)15-11(8)6-16/h1-5,16H,6H2,(H,15,17). The number of nitrogens with one attached hydrogen (secondary N) is 1. The number of aliphatic hydroxyl groups is 1. The van der Waals surface area contributed by atoms with Crippen molar-refractivity contribution >= 4 is 23.2 Å². The Hall–Kier alpha value is -1.29. The van der Waals surface area contributed by atoms with Crippen LogP contribution < -0.4 is 5.56 Å². The SMILES string of the molecule is O=c1ccc(-c2cc(Cl)ccc2Cl)c(CO)[nH]1.